The summed E-state index contributed by atoms with van der Waals surface area (Å²) >= 11 is 11.8. The zero-order valence-electron chi connectivity index (χ0n) is 12.1. The van der Waals surface area contributed by atoms with Gasteiger partial charge >= 0.3 is 0 Å². The van der Waals surface area contributed by atoms with Crippen LogP contribution in [-0.2, 0) is 0 Å². The Balaban J connectivity index is 2.06. The maximum atomic E-state index is 12.2. The molecule has 4 N–H and O–H groups in total. The van der Waals surface area contributed by atoms with Gasteiger partial charge in [0, 0.05) is 22.9 Å². The van der Waals surface area contributed by atoms with Crippen LogP contribution < -0.4 is 10.6 Å². The molecule has 2 aromatic carbocycles. The summed E-state index contributed by atoms with van der Waals surface area (Å²) in [5, 5.41) is 24.6. The Morgan fingerprint density at radius 2 is 1.87 bits per heavy atom. The molecule has 0 radical (unpaired) electrons. The molecule has 1 unspecified atom stereocenters. The van der Waals surface area contributed by atoms with Crippen molar-refractivity contribution >= 4 is 40.5 Å². The summed E-state index contributed by atoms with van der Waals surface area (Å²) in [6.07, 6.45) is -0.846. The summed E-state index contributed by atoms with van der Waals surface area (Å²) in [5.74, 6) is -0.348. The van der Waals surface area contributed by atoms with Crippen molar-refractivity contribution in [3.05, 3.63) is 58.1 Å². The van der Waals surface area contributed by atoms with E-state index < -0.39 is 6.10 Å². The van der Waals surface area contributed by atoms with Gasteiger partial charge in [-0.3, -0.25) is 4.79 Å². The van der Waals surface area contributed by atoms with E-state index in [-0.39, 0.29) is 24.1 Å². The van der Waals surface area contributed by atoms with Crippen molar-refractivity contribution in [3.63, 3.8) is 0 Å². The number of rotatable bonds is 6. The lowest BCUT2D eigenvalue weighted by Crippen LogP contribution is -2.23. The maximum absolute atomic E-state index is 12.2. The maximum Gasteiger partial charge on any atom is 0.257 e. The monoisotopic (exact) mass is 354 g/mol. The highest BCUT2D eigenvalue weighted by molar-refractivity contribution is 6.37. The zero-order valence-corrected chi connectivity index (χ0v) is 13.6. The van der Waals surface area contributed by atoms with Crippen LogP contribution in [0.2, 0.25) is 10.0 Å². The van der Waals surface area contributed by atoms with Crippen LogP contribution in [0, 0.1) is 0 Å². The summed E-state index contributed by atoms with van der Waals surface area (Å²) in [6, 6.07) is 11.6. The Labute approximate surface area is 143 Å². The Bertz CT molecular complexity index is 695. The van der Waals surface area contributed by atoms with E-state index in [1.54, 1.807) is 36.4 Å². The molecule has 23 heavy (non-hydrogen) atoms. The standard InChI is InChI=1S/C16H16Cl2N2O3/c17-10-4-5-14(15(18)6-10)16(23)20-12-3-1-2-11(7-12)19-8-13(22)9-21/h1-7,13,19,21-22H,8-9H2,(H,20,23). The number of aliphatic hydroxyl groups is 2. The molecule has 0 saturated carbocycles. The van der Waals surface area contributed by atoms with Crippen LogP contribution in [0.25, 0.3) is 0 Å². The number of hydrogen-bond acceptors (Lipinski definition) is 4. The largest absolute Gasteiger partial charge is 0.394 e. The van der Waals surface area contributed by atoms with E-state index in [1.165, 1.54) is 6.07 Å². The molecular formula is C16H16Cl2N2O3. The van der Waals surface area contributed by atoms with Crippen molar-refractivity contribution < 1.29 is 15.0 Å². The molecule has 2 aromatic rings. The average molecular weight is 355 g/mol. The van der Waals surface area contributed by atoms with Crippen LogP contribution >= 0.6 is 23.2 Å². The smallest absolute Gasteiger partial charge is 0.257 e. The van der Waals surface area contributed by atoms with E-state index in [4.69, 9.17) is 28.3 Å². The molecule has 5 nitrogen and oxygen atoms in total. The minimum Gasteiger partial charge on any atom is -0.394 e. The van der Waals surface area contributed by atoms with Crippen molar-refractivity contribution in [2.75, 3.05) is 23.8 Å². The number of aliphatic hydroxyl groups excluding tert-OH is 2. The molecule has 0 aliphatic heterocycles. The summed E-state index contributed by atoms with van der Waals surface area (Å²) in [4.78, 5) is 12.2. The first-order chi connectivity index (χ1) is 11.0. The third kappa shape index (κ3) is 5.11. The SMILES string of the molecule is O=C(Nc1cccc(NCC(O)CO)c1)c1ccc(Cl)cc1Cl. The molecule has 0 bridgehead atoms. The first kappa shape index (κ1) is 17.6. The van der Waals surface area contributed by atoms with Crippen LogP contribution in [0.4, 0.5) is 11.4 Å². The van der Waals surface area contributed by atoms with Crippen LogP contribution in [0.1, 0.15) is 10.4 Å². The molecule has 0 heterocycles. The lowest BCUT2D eigenvalue weighted by Gasteiger charge is -2.12. The molecular weight excluding hydrogens is 339 g/mol. The Morgan fingerprint density at radius 1 is 1.13 bits per heavy atom. The topological polar surface area (TPSA) is 81.6 Å². The minimum absolute atomic E-state index is 0.205. The van der Waals surface area contributed by atoms with Gasteiger partial charge in [0.2, 0.25) is 0 Å². The van der Waals surface area contributed by atoms with Gasteiger partial charge in [-0.15, -0.1) is 0 Å². The molecule has 7 heteroatoms. The first-order valence-corrected chi connectivity index (χ1v) is 7.64. The van der Waals surface area contributed by atoms with Gasteiger partial charge < -0.3 is 20.8 Å². The lowest BCUT2D eigenvalue weighted by atomic mass is 10.2. The zero-order chi connectivity index (χ0) is 16.8. The van der Waals surface area contributed by atoms with Gasteiger partial charge in [-0.1, -0.05) is 29.3 Å². The number of amides is 1. The molecule has 2 rings (SSSR count). The Kier molecular flexibility index (Phi) is 6.24. The number of carbonyl (C=O) groups is 1. The molecule has 122 valence electrons. The predicted octanol–water partition coefficient (Wildman–Crippen LogP) is 3.01. The second-order valence-corrected chi connectivity index (χ2v) is 5.72. The third-order valence-corrected chi connectivity index (χ3v) is 3.60. The van der Waals surface area contributed by atoms with E-state index in [9.17, 15) is 9.90 Å². The first-order valence-electron chi connectivity index (χ1n) is 6.89. The molecule has 0 saturated heterocycles. The van der Waals surface area contributed by atoms with E-state index in [2.05, 4.69) is 10.6 Å². The molecule has 0 fully saturated rings. The van der Waals surface area contributed by atoms with Gasteiger partial charge in [-0.05, 0) is 36.4 Å². The summed E-state index contributed by atoms with van der Waals surface area (Å²) in [7, 11) is 0. The van der Waals surface area contributed by atoms with Crippen molar-refractivity contribution in [2.45, 2.75) is 6.10 Å². The third-order valence-electron chi connectivity index (χ3n) is 3.05. The summed E-state index contributed by atoms with van der Waals surface area (Å²) < 4.78 is 0. The highest BCUT2D eigenvalue weighted by Crippen LogP contribution is 2.23. The van der Waals surface area contributed by atoms with E-state index in [0.717, 1.165) is 0 Å². The van der Waals surface area contributed by atoms with E-state index >= 15 is 0 Å². The van der Waals surface area contributed by atoms with Crippen molar-refractivity contribution in [2.24, 2.45) is 0 Å². The fraction of sp³-hybridized carbons (Fsp3) is 0.188. The second kappa shape index (κ2) is 8.17. The van der Waals surface area contributed by atoms with Gasteiger partial charge in [0.1, 0.15) is 0 Å². The number of hydrogen-bond donors (Lipinski definition) is 4. The van der Waals surface area contributed by atoms with Crippen molar-refractivity contribution in [3.8, 4) is 0 Å². The van der Waals surface area contributed by atoms with E-state index in [1.807, 2.05) is 0 Å². The summed E-state index contributed by atoms with van der Waals surface area (Å²) in [5.41, 5.74) is 1.60. The second-order valence-electron chi connectivity index (χ2n) is 4.88. The van der Waals surface area contributed by atoms with Gasteiger partial charge in [0.05, 0.1) is 23.3 Å². The Morgan fingerprint density at radius 3 is 2.57 bits per heavy atom. The molecule has 1 amide bonds. The fourth-order valence-corrected chi connectivity index (χ4v) is 2.37. The lowest BCUT2D eigenvalue weighted by molar-refractivity contribution is 0.102. The highest BCUT2D eigenvalue weighted by atomic mass is 35.5. The molecule has 0 spiro atoms. The predicted molar refractivity (Wildman–Crippen MR) is 92.4 cm³/mol. The quantitative estimate of drug-likeness (QED) is 0.642. The van der Waals surface area contributed by atoms with Crippen LogP contribution in [0.15, 0.2) is 42.5 Å². The normalized spacial score (nSPS) is 11.8. The highest BCUT2D eigenvalue weighted by Gasteiger charge is 2.11. The fourth-order valence-electron chi connectivity index (χ4n) is 1.88. The summed E-state index contributed by atoms with van der Waals surface area (Å²) in [6.45, 7) is -0.116. The van der Waals surface area contributed by atoms with Crippen LogP contribution in [0.5, 0.6) is 0 Å². The molecule has 0 aliphatic carbocycles. The van der Waals surface area contributed by atoms with Gasteiger partial charge in [0.25, 0.3) is 5.91 Å². The number of nitrogens with one attached hydrogen (secondary N) is 2. The average Bonchev–Trinajstić information content (AvgIpc) is 2.52. The van der Waals surface area contributed by atoms with Crippen LogP contribution in [-0.4, -0.2) is 35.4 Å². The molecule has 0 aromatic heterocycles. The molecule has 1 atom stereocenters. The number of benzene rings is 2. The van der Waals surface area contributed by atoms with Crippen molar-refractivity contribution in [1.82, 2.24) is 0 Å². The van der Waals surface area contributed by atoms with Gasteiger partial charge in [-0.25, -0.2) is 0 Å². The van der Waals surface area contributed by atoms with Gasteiger partial charge in [-0.2, -0.15) is 0 Å². The van der Waals surface area contributed by atoms with Crippen molar-refractivity contribution in [1.29, 1.82) is 0 Å². The minimum atomic E-state index is -0.846. The van der Waals surface area contributed by atoms with Crippen LogP contribution in [0.3, 0.4) is 0 Å². The number of halogens is 2. The van der Waals surface area contributed by atoms with E-state index in [0.29, 0.717) is 22.0 Å². The Hall–Kier alpha value is -1.79. The number of carbonyl (C=O) groups excluding carboxylic acids is 1. The number of anilines is 2. The molecule has 0 aliphatic rings. The van der Waals surface area contributed by atoms with Gasteiger partial charge in [0.15, 0.2) is 0 Å².